The number of hydrogen-bond acceptors (Lipinski definition) is 19. The fourth-order valence-electron chi connectivity index (χ4n) is 11.1. The van der Waals surface area contributed by atoms with E-state index >= 15 is 0 Å². The van der Waals surface area contributed by atoms with Crippen molar-refractivity contribution in [1.82, 2.24) is 84.7 Å². The molecule has 1 heterocycles. The largest absolute Gasteiger partial charge is 0.370 e. The Kier molecular flexibility index (Phi) is 37.3. The molecule has 0 bridgehead atoms. The van der Waals surface area contributed by atoms with Crippen LogP contribution in [0, 0.1) is 17.8 Å². The molecule has 38 nitrogen and oxygen atoms in total. The average Bonchev–Trinajstić information content (AvgIpc) is 1.19. The molecule has 0 spiro atoms. The van der Waals surface area contributed by atoms with E-state index in [0.717, 1.165) is 16.5 Å². The number of aromatic amines is 1. The van der Waals surface area contributed by atoms with Crippen LogP contribution in [0.25, 0.3) is 10.9 Å². The first-order chi connectivity index (χ1) is 51.9. The summed E-state index contributed by atoms with van der Waals surface area (Å²) >= 11 is 0. The number of nitrogens with two attached hydrogens (primary N) is 3. The van der Waals surface area contributed by atoms with Crippen LogP contribution in [0.4, 0.5) is 0 Å². The third-order valence-corrected chi connectivity index (χ3v) is 17.8. The number of benzene rings is 1. The molecule has 113 heavy (non-hydrogen) atoms. The molecule has 2 rings (SSSR count). The second-order valence-corrected chi connectivity index (χ2v) is 32.4. The molecule has 38 heteroatoms. The molecular weight excluding hydrogens is 1470 g/mol. The predicted molar refractivity (Wildman–Crippen MR) is 415 cm³/mol. The number of amides is 18. The zero-order valence-electron chi connectivity index (χ0n) is 68.5. The SMILES string of the molecule is CC(=O)N[C@@H](Cc1c[nH]c2ccccc12)C(=O)N[C@@H](C)C(=O)NC(C)(C)C(=O)NC(C)(C)C(=O)N[C@@H](CC(C)C)C(=O)NC(C)(C)C(=O)N[C@@H](CCC(N)=O)C(=O)N[C@@H](C)C(=O)N[C@@H](C)C(=O)NC(C)(C)C(=O)N[C@@H](CCC(N)=O)C(=O)N[C@@H](CC(C)C)C(=O)NC(C)(C)C(=O)N[C@@H](CCC(N)=O)C(=O)N[C@H](C=O)CC(C)C. The number of rotatable bonds is 47. The van der Waals surface area contributed by atoms with Crippen molar-refractivity contribution in [3.8, 4) is 0 Å². The first-order valence-electron chi connectivity index (χ1n) is 37.4. The molecule has 0 aliphatic heterocycles. The Bertz CT molecular complexity index is 3830. The van der Waals surface area contributed by atoms with Gasteiger partial charge in [-0.15, -0.1) is 0 Å². The van der Waals surface area contributed by atoms with Gasteiger partial charge < -0.3 is 107 Å². The molecular formula is C75H121N19O19. The van der Waals surface area contributed by atoms with Crippen molar-refractivity contribution >= 4 is 124 Å². The van der Waals surface area contributed by atoms with E-state index in [9.17, 15) is 91.1 Å². The van der Waals surface area contributed by atoms with Gasteiger partial charge >= 0.3 is 0 Å². The third kappa shape index (κ3) is 33.0. The van der Waals surface area contributed by atoms with E-state index in [1.807, 2.05) is 38.1 Å². The lowest BCUT2D eigenvalue weighted by atomic mass is 9.96. The molecule has 1 aromatic heterocycles. The Morgan fingerprint density at radius 2 is 0.681 bits per heavy atom. The van der Waals surface area contributed by atoms with Gasteiger partial charge in [-0.2, -0.15) is 0 Å². The van der Waals surface area contributed by atoms with Crippen molar-refractivity contribution in [3.63, 3.8) is 0 Å². The maximum absolute atomic E-state index is 14.2. The second-order valence-electron chi connectivity index (χ2n) is 32.4. The van der Waals surface area contributed by atoms with Crippen LogP contribution in [0.1, 0.15) is 202 Å². The second kappa shape index (κ2) is 43.1. The topological polar surface area (TPSA) is 599 Å². The number of nitrogens with one attached hydrogen (secondary N) is 16. The Labute approximate surface area is 658 Å². The van der Waals surface area contributed by atoms with Crippen molar-refractivity contribution in [3.05, 3.63) is 36.0 Å². The van der Waals surface area contributed by atoms with Crippen LogP contribution in [-0.4, -0.2) is 206 Å². The third-order valence-electron chi connectivity index (χ3n) is 17.8. The molecule has 1 aromatic carbocycles. The maximum atomic E-state index is 14.2. The number of fused-ring (bicyclic) bond motifs is 1. The first kappa shape index (κ1) is 98.0. The van der Waals surface area contributed by atoms with E-state index in [-0.39, 0.29) is 56.3 Å². The average molecular weight is 1590 g/mol. The molecule has 0 aliphatic rings. The minimum absolute atomic E-state index is 0.000119. The van der Waals surface area contributed by atoms with Crippen LogP contribution in [0.3, 0.4) is 0 Å². The fraction of sp³-hybridized carbons (Fsp3) is 0.640. The van der Waals surface area contributed by atoms with Gasteiger partial charge in [-0.1, -0.05) is 59.7 Å². The summed E-state index contributed by atoms with van der Waals surface area (Å²) in [6, 6.07) is -6.14. The minimum atomic E-state index is -1.91. The van der Waals surface area contributed by atoms with Crippen molar-refractivity contribution in [2.45, 2.75) is 291 Å². The number of primary amides is 3. The van der Waals surface area contributed by atoms with Crippen molar-refractivity contribution in [2.75, 3.05) is 0 Å². The summed E-state index contributed by atoms with van der Waals surface area (Å²) in [6.45, 7) is 28.6. The van der Waals surface area contributed by atoms with Gasteiger partial charge in [0.15, 0.2) is 0 Å². The van der Waals surface area contributed by atoms with Crippen molar-refractivity contribution < 1.29 is 91.1 Å². The monoisotopic (exact) mass is 1590 g/mol. The molecule has 0 saturated carbocycles. The Morgan fingerprint density at radius 1 is 0.363 bits per heavy atom. The lowest BCUT2D eigenvalue weighted by Crippen LogP contribution is -2.66. The first-order valence-corrected chi connectivity index (χ1v) is 37.4. The van der Waals surface area contributed by atoms with Gasteiger partial charge in [0.2, 0.25) is 106 Å². The molecule has 0 fully saturated rings. The summed E-state index contributed by atoms with van der Waals surface area (Å²) in [5, 5.41) is 38.7. The fourth-order valence-corrected chi connectivity index (χ4v) is 11.1. The van der Waals surface area contributed by atoms with E-state index < -0.39 is 220 Å². The predicted octanol–water partition coefficient (Wildman–Crippen LogP) is -2.75. The molecule has 0 aliphatic carbocycles. The van der Waals surface area contributed by atoms with E-state index in [2.05, 4.69) is 84.7 Å². The summed E-state index contributed by atoms with van der Waals surface area (Å²) in [5.74, 6) is -16.2. The summed E-state index contributed by atoms with van der Waals surface area (Å²) in [4.78, 5) is 257. The number of carbonyl (C=O) groups excluding carboxylic acids is 19. The Balaban J connectivity index is 2.20. The van der Waals surface area contributed by atoms with E-state index in [1.165, 1.54) is 96.9 Å². The van der Waals surface area contributed by atoms with Gasteiger partial charge in [0.1, 0.15) is 88.4 Å². The van der Waals surface area contributed by atoms with Gasteiger partial charge in [-0.05, 0) is 158 Å². The summed E-state index contributed by atoms with van der Waals surface area (Å²) < 4.78 is 0. The van der Waals surface area contributed by atoms with Crippen LogP contribution in [0.15, 0.2) is 30.5 Å². The van der Waals surface area contributed by atoms with Crippen molar-refractivity contribution in [1.29, 1.82) is 0 Å². The normalized spacial score (nSPS) is 14.5. The number of hydrogen-bond donors (Lipinski definition) is 19. The van der Waals surface area contributed by atoms with E-state index in [0.29, 0.717) is 6.29 Å². The number of H-pyrrole nitrogens is 1. The highest BCUT2D eigenvalue weighted by Crippen LogP contribution is 2.21. The lowest BCUT2D eigenvalue weighted by Gasteiger charge is -2.34. The molecule has 22 N–H and O–H groups in total. The molecule has 2 aromatic rings. The molecule has 0 saturated heterocycles. The van der Waals surface area contributed by atoms with Crippen LogP contribution in [0.2, 0.25) is 0 Å². The number of aromatic nitrogens is 1. The smallest absolute Gasteiger partial charge is 0.246 e. The van der Waals surface area contributed by atoms with Gasteiger partial charge in [0.25, 0.3) is 0 Å². The molecule has 630 valence electrons. The summed E-state index contributed by atoms with van der Waals surface area (Å²) in [5.41, 5.74) is 8.64. The number of para-hydroxylation sites is 1. The lowest BCUT2D eigenvalue weighted by molar-refractivity contribution is -0.140. The van der Waals surface area contributed by atoms with Crippen molar-refractivity contribution in [2.24, 2.45) is 35.0 Å². The van der Waals surface area contributed by atoms with Crippen LogP contribution in [-0.2, 0) is 97.5 Å². The van der Waals surface area contributed by atoms with Gasteiger partial charge in [0.05, 0.1) is 6.04 Å². The number of aldehydes is 1. The molecule has 0 unspecified atom stereocenters. The zero-order chi connectivity index (χ0) is 86.8. The zero-order valence-corrected chi connectivity index (χ0v) is 68.5. The summed E-state index contributed by atoms with van der Waals surface area (Å²) in [7, 11) is 0. The summed E-state index contributed by atoms with van der Waals surface area (Å²) in [6.07, 6.45) is 0.181. The molecule has 10 atom stereocenters. The highest BCUT2D eigenvalue weighted by molar-refractivity contribution is 6.03. The highest BCUT2D eigenvalue weighted by Gasteiger charge is 2.43. The quantitative estimate of drug-likeness (QED) is 0.0299. The van der Waals surface area contributed by atoms with E-state index in [1.54, 1.807) is 33.9 Å². The van der Waals surface area contributed by atoms with Crippen LogP contribution < -0.4 is 97.0 Å². The Hall–Kier alpha value is -11.1. The minimum Gasteiger partial charge on any atom is -0.370 e. The van der Waals surface area contributed by atoms with Gasteiger partial charge in [0, 0.05) is 49.7 Å². The maximum Gasteiger partial charge on any atom is 0.246 e. The standard InChI is InChI=1S/C75H121N19O19/c1-37(2)31-45(36-95)84-61(104)49(26-29-55(77)98)87-68(111)72(13,14)92-64(107)51(32-38(3)4)85-62(105)50(27-30-56(78)99)88-66(109)71(11,12)90-58(101)41(8)80-57(100)40(7)81-60(103)48(25-28-54(76)97)86-67(110)73(15,16)93-65(108)52(33-39(5)6)89-69(112)74(17,18)94-70(113)75(19,20)91-59(102)42(9)82-63(106)53(83-43(10)96)34-44-35-79-47-24-22-21-23-46(44)47/h21-24,35-42,45,48-53,79H,25-34H2,1-20H3,(H2,76,97)(H2,77,98)(H2,78,99)(H,80,100)(H,81,103)(H,82,106)(H,83,96)(H,84,104)(H,85,105)(H,86,110)(H,87,111)(H,88,109)(H,89,112)(H,90,101)(H,91,102)(H,92,107)(H,93,108)(H,94,113)/t40-,41-,42-,45-,48-,49-,50-,51-,52-,53-/m0/s1. The Morgan fingerprint density at radius 3 is 1.06 bits per heavy atom. The molecule has 0 radical (unpaired) electrons. The number of carbonyl (C=O) groups is 19. The molecule has 18 amide bonds. The van der Waals surface area contributed by atoms with Crippen LogP contribution >= 0.6 is 0 Å². The van der Waals surface area contributed by atoms with E-state index in [4.69, 9.17) is 17.2 Å². The van der Waals surface area contributed by atoms with Gasteiger partial charge in [-0.3, -0.25) is 86.3 Å². The van der Waals surface area contributed by atoms with Crippen LogP contribution in [0.5, 0.6) is 0 Å². The van der Waals surface area contributed by atoms with Gasteiger partial charge in [-0.25, -0.2) is 0 Å². The highest BCUT2D eigenvalue weighted by atomic mass is 16.2.